The van der Waals surface area contributed by atoms with Crippen molar-refractivity contribution >= 4 is 38.6 Å². The third kappa shape index (κ3) is 3.83. The predicted molar refractivity (Wildman–Crippen MR) is 97.0 cm³/mol. The Morgan fingerprint density at radius 3 is 2.81 bits per heavy atom. The van der Waals surface area contributed by atoms with Crippen molar-refractivity contribution in [2.24, 2.45) is 0 Å². The summed E-state index contributed by atoms with van der Waals surface area (Å²) < 4.78 is 1.13. The van der Waals surface area contributed by atoms with Crippen LogP contribution >= 0.6 is 38.6 Å². The molecule has 3 aromatic rings. The Kier molecular flexibility index (Phi) is 4.91. The van der Waals surface area contributed by atoms with Crippen LogP contribution in [0.15, 0.2) is 57.7 Å². The number of thiophene rings is 2. The Morgan fingerprint density at radius 2 is 2.05 bits per heavy atom. The molecule has 0 saturated heterocycles. The zero-order valence-electron chi connectivity index (χ0n) is 11.7. The number of nitrogens with one attached hydrogen (secondary N) is 1. The van der Waals surface area contributed by atoms with Crippen LogP contribution in [0.1, 0.15) is 23.4 Å². The monoisotopic (exact) mass is 377 g/mol. The summed E-state index contributed by atoms with van der Waals surface area (Å²) in [7, 11) is 0. The Hall–Kier alpha value is -0.940. The molecule has 1 N–H and O–H groups in total. The highest BCUT2D eigenvalue weighted by Crippen LogP contribution is 2.29. The highest BCUT2D eigenvalue weighted by atomic mass is 79.9. The lowest BCUT2D eigenvalue weighted by atomic mass is 10.1. The lowest BCUT2D eigenvalue weighted by Gasteiger charge is -2.13. The fraction of sp³-hybridized carbons (Fsp3) is 0.176. The molecule has 21 heavy (non-hydrogen) atoms. The second kappa shape index (κ2) is 6.88. The van der Waals surface area contributed by atoms with E-state index >= 15 is 0 Å². The maximum atomic E-state index is 3.59. The van der Waals surface area contributed by atoms with Gasteiger partial charge in [0.2, 0.25) is 0 Å². The SMILES string of the molecule is CC(NCc1cc(-c2cccs2)cs1)c1cccc(Br)c1. The molecule has 0 bridgehead atoms. The number of hydrogen-bond acceptors (Lipinski definition) is 3. The average molecular weight is 378 g/mol. The maximum Gasteiger partial charge on any atom is 0.0351 e. The molecule has 0 aliphatic heterocycles. The summed E-state index contributed by atoms with van der Waals surface area (Å²) in [5, 5.41) is 7.96. The lowest BCUT2D eigenvalue weighted by molar-refractivity contribution is 0.578. The fourth-order valence-electron chi connectivity index (χ4n) is 2.19. The lowest BCUT2D eigenvalue weighted by Crippen LogP contribution is -2.17. The van der Waals surface area contributed by atoms with Crippen molar-refractivity contribution in [3.63, 3.8) is 0 Å². The molecular formula is C17H16BrNS2. The molecule has 1 atom stereocenters. The van der Waals surface area contributed by atoms with E-state index in [1.165, 1.54) is 20.9 Å². The van der Waals surface area contributed by atoms with Gasteiger partial charge in [0, 0.05) is 32.4 Å². The molecule has 1 aromatic carbocycles. The van der Waals surface area contributed by atoms with Crippen LogP contribution in [0.5, 0.6) is 0 Å². The van der Waals surface area contributed by atoms with E-state index in [4.69, 9.17) is 0 Å². The molecule has 1 unspecified atom stereocenters. The highest BCUT2D eigenvalue weighted by Gasteiger charge is 2.07. The van der Waals surface area contributed by atoms with Crippen molar-refractivity contribution in [3.05, 3.63) is 68.1 Å². The first kappa shape index (κ1) is 15.0. The highest BCUT2D eigenvalue weighted by molar-refractivity contribution is 9.10. The molecule has 0 radical (unpaired) electrons. The van der Waals surface area contributed by atoms with Gasteiger partial charge in [-0.05, 0) is 47.5 Å². The van der Waals surface area contributed by atoms with Crippen LogP contribution in [0, 0.1) is 0 Å². The normalized spacial score (nSPS) is 12.5. The summed E-state index contributed by atoms with van der Waals surface area (Å²) in [6.45, 7) is 3.11. The first-order valence-electron chi connectivity index (χ1n) is 6.82. The molecule has 1 nitrogen and oxygen atoms in total. The van der Waals surface area contributed by atoms with E-state index in [0.717, 1.165) is 11.0 Å². The van der Waals surface area contributed by atoms with Crippen molar-refractivity contribution in [1.29, 1.82) is 0 Å². The summed E-state index contributed by atoms with van der Waals surface area (Å²) in [4.78, 5) is 2.72. The van der Waals surface area contributed by atoms with Crippen LogP contribution in [0.4, 0.5) is 0 Å². The molecule has 0 aliphatic rings. The zero-order valence-corrected chi connectivity index (χ0v) is 14.9. The molecule has 3 rings (SSSR count). The van der Waals surface area contributed by atoms with Crippen LogP contribution in [0.3, 0.4) is 0 Å². The van der Waals surface area contributed by atoms with Crippen LogP contribution in [0.25, 0.3) is 10.4 Å². The molecule has 4 heteroatoms. The summed E-state index contributed by atoms with van der Waals surface area (Å²) in [5.41, 5.74) is 2.64. The van der Waals surface area contributed by atoms with Crippen molar-refractivity contribution in [2.45, 2.75) is 19.5 Å². The Morgan fingerprint density at radius 1 is 1.14 bits per heavy atom. The van der Waals surface area contributed by atoms with Gasteiger partial charge < -0.3 is 5.32 Å². The summed E-state index contributed by atoms with van der Waals surface area (Å²) in [5.74, 6) is 0. The van der Waals surface area contributed by atoms with E-state index in [1.807, 2.05) is 11.3 Å². The van der Waals surface area contributed by atoms with E-state index in [9.17, 15) is 0 Å². The Bertz CT molecular complexity index is 703. The molecule has 0 amide bonds. The van der Waals surface area contributed by atoms with Gasteiger partial charge in [0.1, 0.15) is 0 Å². The molecule has 0 fully saturated rings. The first-order valence-corrected chi connectivity index (χ1v) is 9.38. The van der Waals surface area contributed by atoms with Crippen LogP contribution in [0.2, 0.25) is 0 Å². The topological polar surface area (TPSA) is 12.0 Å². The minimum atomic E-state index is 0.342. The van der Waals surface area contributed by atoms with Crippen molar-refractivity contribution in [3.8, 4) is 10.4 Å². The first-order chi connectivity index (χ1) is 10.2. The van der Waals surface area contributed by atoms with Gasteiger partial charge in [0.05, 0.1) is 0 Å². The number of halogens is 1. The second-order valence-corrected chi connectivity index (χ2v) is 7.80. The molecule has 2 aromatic heterocycles. The van der Waals surface area contributed by atoms with Crippen LogP contribution < -0.4 is 5.32 Å². The third-order valence-electron chi connectivity index (χ3n) is 3.39. The van der Waals surface area contributed by atoms with Gasteiger partial charge in [-0.15, -0.1) is 22.7 Å². The molecule has 0 spiro atoms. The average Bonchev–Trinajstić information content (AvgIpc) is 3.15. The van der Waals surface area contributed by atoms with Crippen LogP contribution in [-0.4, -0.2) is 0 Å². The van der Waals surface area contributed by atoms with E-state index in [0.29, 0.717) is 6.04 Å². The molecule has 2 heterocycles. The standard InChI is InChI=1S/C17H16BrNS2/c1-12(13-4-2-5-15(18)8-13)19-10-16-9-14(11-21-16)17-6-3-7-20-17/h2-9,11-12,19H,10H2,1H3. The van der Waals surface area contributed by atoms with Gasteiger partial charge in [-0.3, -0.25) is 0 Å². The van der Waals surface area contributed by atoms with Gasteiger partial charge in [-0.1, -0.05) is 34.1 Å². The summed E-state index contributed by atoms with van der Waals surface area (Å²) >= 11 is 7.14. The number of benzene rings is 1. The van der Waals surface area contributed by atoms with Crippen molar-refractivity contribution in [2.75, 3.05) is 0 Å². The second-order valence-electron chi connectivity index (χ2n) is 4.94. The van der Waals surface area contributed by atoms with E-state index in [-0.39, 0.29) is 0 Å². The number of hydrogen-bond donors (Lipinski definition) is 1. The molecule has 0 saturated carbocycles. The summed E-state index contributed by atoms with van der Waals surface area (Å²) in [6.07, 6.45) is 0. The quantitative estimate of drug-likeness (QED) is 0.567. The Balaban J connectivity index is 1.63. The maximum absolute atomic E-state index is 3.59. The predicted octanol–water partition coefficient (Wildman–Crippen LogP) is 6.09. The van der Waals surface area contributed by atoms with Gasteiger partial charge in [0.15, 0.2) is 0 Å². The van der Waals surface area contributed by atoms with Crippen molar-refractivity contribution < 1.29 is 0 Å². The minimum Gasteiger partial charge on any atom is -0.305 e. The molecule has 0 aliphatic carbocycles. The van der Waals surface area contributed by atoms with Crippen molar-refractivity contribution in [1.82, 2.24) is 5.32 Å². The van der Waals surface area contributed by atoms with E-state index < -0.39 is 0 Å². The van der Waals surface area contributed by atoms with E-state index in [2.05, 4.69) is 81.4 Å². The van der Waals surface area contributed by atoms with E-state index in [1.54, 1.807) is 11.3 Å². The van der Waals surface area contributed by atoms with Crippen LogP contribution in [-0.2, 0) is 6.54 Å². The fourth-order valence-corrected chi connectivity index (χ4v) is 4.23. The van der Waals surface area contributed by atoms with Gasteiger partial charge in [-0.2, -0.15) is 0 Å². The Labute approximate surface area is 141 Å². The molecule has 108 valence electrons. The zero-order chi connectivity index (χ0) is 14.7. The number of rotatable bonds is 5. The van der Waals surface area contributed by atoms with Gasteiger partial charge in [0.25, 0.3) is 0 Å². The van der Waals surface area contributed by atoms with Gasteiger partial charge in [-0.25, -0.2) is 0 Å². The largest absolute Gasteiger partial charge is 0.305 e. The van der Waals surface area contributed by atoms with Gasteiger partial charge >= 0.3 is 0 Å². The smallest absolute Gasteiger partial charge is 0.0351 e. The summed E-state index contributed by atoms with van der Waals surface area (Å²) in [6, 6.07) is 15.4. The third-order valence-corrected chi connectivity index (χ3v) is 5.74. The minimum absolute atomic E-state index is 0.342. The molecular weight excluding hydrogens is 362 g/mol.